The molecule has 0 saturated carbocycles. The van der Waals surface area contributed by atoms with Gasteiger partial charge in [0.05, 0.1) is 5.71 Å². The zero-order valence-corrected chi connectivity index (χ0v) is 12.5. The Balaban J connectivity index is 0.00000154. The molecule has 0 bridgehead atoms. The summed E-state index contributed by atoms with van der Waals surface area (Å²) >= 11 is 0. The van der Waals surface area contributed by atoms with E-state index in [0.717, 1.165) is 6.42 Å². The van der Waals surface area contributed by atoms with E-state index in [9.17, 15) is 9.59 Å². The number of hydrogen-bond donors (Lipinski definition) is 1. The van der Waals surface area contributed by atoms with Crippen LogP contribution in [0.25, 0.3) is 0 Å². The van der Waals surface area contributed by atoms with Crippen LogP contribution in [0.3, 0.4) is 0 Å². The van der Waals surface area contributed by atoms with E-state index < -0.39 is 0 Å². The van der Waals surface area contributed by atoms with Crippen LogP contribution in [0.2, 0.25) is 0 Å². The third kappa shape index (κ3) is 5.64. The maximum atomic E-state index is 11.6. The van der Waals surface area contributed by atoms with Crippen molar-refractivity contribution < 1.29 is 9.59 Å². The maximum absolute atomic E-state index is 11.6. The second-order valence-corrected chi connectivity index (χ2v) is 4.10. The van der Waals surface area contributed by atoms with E-state index >= 15 is 0 Å². The highest BCUT2D eigenvalue weighted by Crippen LogP contribution is 2.19. The summed E-state index contributed by atoms with van der Waals surface area (Å²) in [4.78, 5) is 22.7. The van der Waals surface area contributed by atoms with Gasteiger partial charge in [0, 0.05) is 17.9 Å². The van der Waals surface area contributed by atoms with Gasteiger partial charge in [0.25, 0.3) is 5.91 Å². The number of amides is 1. The van der Waals surface area contributed by atoms with Gasteiger partial charge in [-0.2, -0.15) is 5.10 Å². The lowest BCUT2D eigenvalue weighted by molar-refractivity contribution is -0.118. The van der Waals surface area contributed by atoms with E-state index in [1.54, 1.807) is 6.08 Å². The van der Waals surface area contributed by atoms with Crippen molar-refractivity contribution in [1.29, 1.82) is 0 Å². The standard InChI is InChI=1S/C13H18N2O2.C2H6/c1-4-5-6-7-11-10(3)12(8-9(2)16)14-15-13(11)17;1-2/h5-7,10H,4,8H2,1-3H3,(H,15,17);1-2H3/b6-5-,11-7+;. The van der Waals surface area contributed by atoms with E-state index in [1.807, 2.05) is 39.8 Å². The molecule has 4 nitrogen and oxygen atoms in total. The molecule has 1 rings (SSSR count). The Hall–Kier alpha value is -1.71. The summed E-state index contributed by atoms with van der Waals surface area (Å²) in [6.45, 7) is 9.44. The highest BCUT2D eigenvalue weighted by atomic mass is 16.2. The van der Waals surface area contributed by atoms with E-state index in [-0.39, 0.29) is 24.0 Å². The zero-order chi connectivity index (χ0) is 14.8. The molecule has 0 spiro atoms. The molecule has 0 aromatic rings. The van der Waals surface area contributed by atoms with E-state index in [1.165, 1.54) is 6.92 Å². The normalized spacial score (nSPS) is 20.7. The highest BCUT2D eigenvalue weighted by molar-refractivity contribution is 6.10. The molecule has 1 unspecified atom stereocenters. The molecule has 1 atom stereocenters. The molecule has 1 amide bonds. The predicted octanol–water partition coefficient (Wildman–Crippen LogP) is 3.01. The SMILES string of the molecule is CC.CC/C=C\C=C1\C(=O)NN=C(CC(C)=O)C1C. The van der Waals surface area contributed by atoms with Crippen molar-refractivity contribution >= 4 is 17.4 Å². The smallest absolute Gasteiger partial charge is 0.267 e. The monoisotopic (exact) mass is 264 g/mol. The Morgan fingerprint density at radius 3 is 2.58 bits per heavy atom. The van der Waals surface area contributed by atoms with Gasteiger partial charge < -0.3 is 0 Å². The molecule has 0 aromatic heterocycles. The van der Waals surface area contributed by atoms with Crippen molar-refractivity contribution in [2.45, 2.75) is 47.5 Å². The first-order chi connectivity index (χ1) is 9.06. The third-order valence-corrected chi connectivity index (χ3v) is 2.61. The molecule has 0 fully saturated rings. The molecule has 4 heteroatoms. The van der Waals surface area contributed by atoms with Crippen molar-refractivity contribution in [1.82, 2.24) is 5.43 Å². The quantitative estimate of drug-likeness (QED) is 0.793. The van der Waals surface area contributed by atoms with Gasteiger partial charge in [0.1, 0.15) is 5.78 Å². The predicted molar refractivity (Wildman–Crippen MR) is 78.9 cm³/mol. The molecule has 1 aliphatic heterocycles. The lowest BCUT2D eigenvalue weighted by atomic mass is 9.91. The van der Waals surface area contributed by atoms with Crippen LogP contribution in [0.15, 0.2) is 28.9 Å². The van der Waals surface area contributed by atoms with Crippen LogP contribution in [0.1, 0.15) is 47.5 Å². The maximum Gasteiger partial charge on any atom is 0.267 e. The zero-order valence-electron chi connectivity index (χ0n) is 12.5. The summed E-state index contributed by atoms with van der Waals surface area (Å²) in [5.74, 6) is -0.241. The Morgan fingerprint density at radius 2 is 2.05 bits per heavy atom. The summed E-state index contributed by atoms with van der Waals surface area (Å²) in [5, 5.41) is 3.94. The molecule has 1 aliphatic rings. The molecular formula is C15H24N2O2. The average Bonchev–Trinajstić information content (AvgIpc) is 2.39. The lowest BCUT2D eigenvalue weighted by Gasteiger charge is -2.21. The number of allylic oxidation sites excluding steroid dienone is 3. The number of nitrogens with one attached hydrogen (secondary N) is 1. The summed E-state index contributed by atoms with van der Waals surface area (Å²) in [7, 11) is 0. The average molecular weight is 264 g/mol. The molecular weight excluding hydrogens is 240 g/mol. The minimum atomic E-state index is -0.189. The molecule has 0 radical (unpaired) electrons. The van der Waals surface area contributed by atoms with Crippen LogP contribution < -0.4 is 5.43 Å². The van der Waals surface area contributed by atoms with Gasteiger partial charge in [-0.25, -0.2) is 5.43 Å². The number of rotatable bonds is 4. The number of hydrogen-bond acceptors (Lipinski definition) is 3. The first-order valence-corrected chi connectivity index (χ1v) is 6.79. The van der Waals surface area contributed by atoms with Crippen LogP contribution in [-0.4, -0.2) is 17.4 Å². The summed E-state index contributed by atoms with van der Waals surface area (Å²) in [6, 6.07) is 0. The molecule has 19 heavy (non-hydrogen) atoms. The number of nitrogens with zero attached hydrogens (tertiary/aromatic N) is 1. The molecule has 1 N–H and O–H groups in total. The van der Waals surface area contributed by atoms with Crippen molar-refractivity contribution in [3.8, 4) is 0 Å². The van der Waals surface area contributed by atoms with E-state index in [2.05, 4.69) is 10.5 Å². The van der Waals surface area contributed by atoms with Crippen molar-refractivity contribution in [3.63, 3.8) is 0 Å². The Kier molecular flexibility index (Phi) is 8.42. The Bertz CT molecular complexity index is 406. The molecule has 0 aliphatic carbocycles. The Labute approximate surface area is 115 Å². The molecule has 0 aromatic carbocycles. The van der Waals surface area contributed by atoms with Gasteiger partial charge in [-0.15, -0.1) is 0 Å². The summed E-state index contributed by atoms with van der Waals surface area (Å²) in [6.07, 6.45) is 6.84. The molecule has 106 valence electrons. The topological polar surface area (TPSA) is 58.5 Å². The highest BCUT2D eigenvalue weighted by Gasteiger charge is 2.26. The second kappa shape index (κ2) is 9.25. The van der Waals surface area contributed by atoms with Gasteiger partial charge in [-0.3, -0.25) is 9.59 Å². The minimum Gasteiger partial charge on any atom is -0.300 e. The number of hydrazone groups is 1. The third-order valence-electron chi connectivity index (χ3n) is 2.61. The van der Waals surface area contributed by atoms with E-state index in [0.29, 0.717) is 11.3 Å². The molecule has 1 heterocycles. The summed E-state index contributed by atoms with van der Waals surface area (Å²) in [5.41, 5.74) is 3.81. The van der Waals surface area contributed by atoms with Crippen LogP contribution in [0.4, 0.5) is 0 Å². The summed E-state index contributed by atoms with van der Waals surface area (Å²) < 4.78 is 0. The van der Waals surface area contributed by atoms with Gasteiger partial charge >= 0.3 is 0 Å². The van der Waals surface area contributed by atoms with Gasteiger partial charge in [0.2, 0.25) is 0 Å². The Morgan fingerprint density at radius 1 is 1.42 bits per heavy atom. The van der Waals surface area contributed by atoms with Gasteiger partial charge in [0.15, 0.2) is 0 Å². The number of carbonyl (C=O) groups excluding carboxylic acids is 2. The largest absolute Gasteiger partial charge is 0.300 e. The van der Waals surface area contributed by atoms with Crippen LogP contribution in [0, 0.1) is 5.92 Å². The fourth-order valence-corrected chi connectivity index (χ4v) is 1.64. The fraction of sp³-hybridized carbons (Fsp3) is 0.533. The first-order valence-electron chi connectivity index (χ1n) is 6.79. The van der Waals surface area contributed by atoms with Crippen molar-refractivity contribution in [3.05, 3.63) is 23.8 Å². The van der Waals surface area contributed by atoms with E-state index in [4.69, 9.17) is 0 Å². The number of Topliss-reactive ketones (excluding diaryl/α,β-unsaturated/α-hetero) is 1. The first kappa shape index (κ1) is 17.3. The van der Waals surface area contributed by atoms with Crippen LogP contribution in [0.5, 0.6) is 0 Å². The minimum absolute atomic E-state index is 0.0511. The van der Waals surface area contributed by atoms with Gasteiger partial charge in [-0.1, -0.05) is 45.9 Å². The van der Waals surface area contributed by atoms with Crippen molar-refractivity contribution in [2.75, 3.05) is 0 Å². The number of carbonyl (C=O) groups is 2. The van der Waals surface area contributed by atoms with Gasteiger partial charge in [-0.05, 0) is 13.3 Å². The lowest BCUT2D eigenvalue weighted by Crippen LogP contribution is -2.35. The fourth-order valence-electron chi connectivity index (χ4n) is 1.64. The van der Waals surface area contributed by atoms with Crippen molar-refractivity contribution in [2.24, 2.45) is 11.0 Å². The number of ketones is 1. The molecule has 0 saturated heterocycles. The van der Waals surface area contributed by atoms with Crippen LogP contribution in [-0.2, 0) is 9.59 Å². The van der Waals surface area contributed by atoms with Crippen LogP contribution >= 0.6 is 0 Å². The second-order valence-electron chi connectivity index (χ2n) is 4.10.